The summed E-state index contributed by atoms with van der Waals surface area (Å²) in [5, 5.41) is 8.16. The predicted molar refractivity (Wildman–Crippen MR) is 228 cm³/mol. The van der Waals surface area contributed by atoms with Crippen molar-refractivity contribution in [2.45, 2.75) is 0 Å². The first-order valence-electron chi connectivity index (χ1n) is 18.7. The van der Waals surface area contributed by atoms with Crippen LogP contribution in [0.2, 0.25) is 0 Å². The van der Waals surface area contributed by atoms with Crippen LogP contribution in [0.25, 0.3) is 105 Å². The summed E-state index contributed by atoms with van der Waals surface area (Å²) in [4.78, 5) is 11.4. The van der Waals surface area contributed by atoms with Gasteiger partial charge in [-0.3, -0.25) is 4.57 Å². The maximum Gasteiger partial charge on any atom is 0.236 e. The second kappa shape index (κ2) is 11.5. The predicted octanol–water partition coefficient (Wildman–Crippen LogP) is 12.6. The van der Waals surface area contributed by atoms with Crippen LogP contribution in [0.15, 0.2) is 188 Å². The van der Waals surface area contributed by atoms with Crippen molar-refractivity contribution in [3.05, 3.63) is 188 Å². The third kappa shape index (κ3) is 4.23. The van der Waals surface area contributed by atoms with Crippen molar-refractivity contribution in [2.75, 3.05) is 0 Å². The number of nitrogens with zero attached hydrogens (tertiary/aromatic N) is 5. The smallest absolute Gasteiger partial charge is 0.236 e. The van der Waals surface area contributed by atoms with E-state index in [0.29, 0.717) is 5.95 Å². The van der Waals surface area contributed by atoms with Gasteiger partial charge in [0.05, 0.1) is 33.1 Å². The van der Waals surface area contributed by atoms with E-state index in [1.807, 2.05) is 0 Å². The Balaban J connectivity index is 1.32. The number of hydrogen-bond donors (Lipinski definition) is 0. The molecule has 12 aromatic rings. The van der Waals surface area contributed by atoms with E-state index in [9.17, 15) is 0 Å². The molecule has 0 atom stereocenters. The summed E-state index contributed by atoms with van der Waals surface area (Å²) in [5.41, 5.74) is 11.5. The van der Waals surface area contributed by atoms with Gasteiger partial charge in [-0.25, -0.2) is 9.97 Å². The molecule has 0 spiro atoms. The first-order valence-corrected chi connectivity index (χ1v) is 18.7. The molecule has 5 nitrogen and oxygen atoms in total. The summed E-state index contributed by atoms with van der Waals surface area (Å²) in [7, 11) is 0. The molecule has 0 aliphatic carbocycles. The van der Waals surface area contributed by atoms with Crippen LogP contribution in [0.1, 0.15) is 0 Å². The molecule has 0 saturated heterocycles. The van der Waals surface area contributed by atoms with Gasteiger partial charge in [0.25, 0.3) is 0 Å². The highest BCUT2D eigenvalue weighted by atomic mass is 15.2. The maximum atomic E-state index is 5.71. The van der Waals surface area contributed by atoms with Gasteiger partial charge in [0.1, 0.15) is 11.2 Å². The fourth-order valence-corrected chi connectivity index (χ4v) is 8.94. The van der Waals surface area contributed by atoms with Gasteiger partial charge in [-0.1, -0.05) is 146 Å². The number of fused-ring (bicyclic) bond motifs is 12. The van der Waals surface area contributed by atoms with E-state index in [2.05, 4.69) is 202 Å². The summed E-state index contributed by atoms with van der Waals surface area (Å²) in [5.74, 6) is 0.634. The average Bonchev–Trinajstić information content (AvgIpc) is 3.90. The number of benzene rings is 8. The summed E-state index contributed by atoms with van der Waals surface area (Å²) < 4.78 is 7.07. The first kappa shape index (κ1) is 30.0. The maximum absolute atomic E-state index is 5.71. The van der Waals surface area contributed by atoms with Gasteiger partial charge in [0.2, 0.25) is 5.95 Å². The third-order valence-electron chi connectivity index (χ3n) is 11.2. The highest BCUT2D eigenvalue weighted by molar-refractivity contribution is 6.25. The zero-order valence-electron chi connectivity index (χ0n) is 29.6. The van der Waals surface area contributed by atoms with Crippen LogP contribution >= 0.6 is 0 Å². The summed E-state index contributed by atoms with van der Waals surface area (Å²) >= 11 is 0. The van der Waals surface area contributed by atoms with Gasteiger partial charge in [0, 0.05) is 43.9 Å². The Morgan fingerprint density at radius 2 is 0.836 bits per heavy atom. The van der Waals surface area contributed by atoms with Crippen LogP contribution in [-0.4, -0.2) is 23.7 Å². The number of rotatable bonds is 4. The highest BCUT2D eigenvalue weighted by Gasteiger charge is 2.26. The topological polar surface area (TPSA) is 40.6 Å². The Kier molecular flexibility index (Phi) is 6.27. The molecule has 12 rings (SSSR count). The lowest BCUT2D eigenvalue weighted by Gasteiger charge is -2.14. The Morgan fingerprint density at radius 1 is 0.327 bits per heavy atom. The SMILES string of the molecule is c1ccc(-c2nc(-n3c4ccccc4c4ccc5c6ccccc6n(-c6ccccc6)c5c43)nc3c4c5ccccc5ccc4n(-c4ccccc4)c23)cc1. The van der Waals surface area contributed by atoms with E-state index in [1.165, 1.54) is 16.2 Å². The molecule has 0 amide bonds. The van der Waals surface area contributed by atoms with Crippen molar-refractivity contribution < 1.29 is 0 Å². The average molecular weight is 702 g/mol. The Labute approximate surface area is 315 Å². The molecule has 0 radical (unpaired) electrons. The zero-order valence-corrected chi connectivity index (χ0v) is 29.6. The molecule has 0 saturated carbocycles. The van der Waals surface area contributed by atoms with E-state index in [-0.39, 0.29) is 0 Å². The molecular weight excluding hydrogens is 671 g/mol. The fraction of sp³-hybridized carbons (Fsp3) is 0. The van der Waals surface area contributed by atoms with Crippen LogP contribution in [0, 0.1) is 0 Å². The molecule has 4 aromatic heterocycles. The molecule has 256 valence electrons. The molecule has 8 aromatic carbocycles. The van der Waals surface area contributed by atoms with Gasteiger partial charge < -0.3 is 9.13 Å². The lowest BCUT2D eigenvalue weighted by Crippen LogP contribution is -2.05. The molecule has 0 aliphatic rings. The van der Waals surface area contributed by atoms with Crippen LogP contribution in [0.5, 0.6) is 0 Å². The van der Waals surface area contributed by atoms with E-state index < -0.39 is 0 Å². The molecule has 55 heavy (non-hydrogen) atoms. The molecule has 4 heterocycles. The van der Waals surface area contributed by atoms with Gasteiger partial charge in [-0.05, 0) is 53.2 Å². The molecule has 0 unspecified atom stereocenters. The second-order valence-electron chi connectivity index (χ2n) is 14.2. The molecule has 0 fully saturated rings. The zero-order chi connectivity index (χ0) is 36.0. The van der Waals surface area contributed by atoms with Crippen LogP contribution in [-0.2, 0) is 0 Å². The van der Waals surface area contributed by atoms with E-state index >= 15 is 0 Å². The normalized spacial score (nSPS) is 12.0. The van der Waals surface area contributed by atoms with Crippen molar-refractivity contribution in [1.29, 1.82) is 0 Å². The van der Waals surface area contributed by atoms with Gasteiger partial charge in [0.15, 0.2) is 0 Å². The minimum Gasteiger partial charge on any atom is -0.307 e. The van der Waals surface area contributed by atoms with Crippen LogP contribution in [0.4, 0.5) is 0 Å². The van der Waals surface area contributed by atoms with Gasteiger partial charge in [-0.2, -0.15) is 0 Å². The van der Waals surface area contributed by atoms with E-state index in [1.54, 1.807) is 0 Å². The van der Waals surface area contributed by atoms with E-state index in [4.69, 9.17) is 9.97 Å². The Bertz CT molecular complexity index is 3470. The van der Waals surface area contributed by atoms with Crippen molar-refractivity contribution in [2.24, 2.45) is 0 Å². The van der Waals surface area contributed by atoms with Gasteiger partial charge >= 0.3 is 0 Å². The van der Waals surface area contributed by atoms with Crippen LogP contribution < -0.4 is 0 Å². The second-order valence-corrected chi connectivity index (χ2v) is 14.2. The minimum absolute atomic E-state index is 0.634. The lowest BCUT2D eigenvalue weighted by molar-refractivity contribution is 1.01. The van der Waals surface area contributed by atoms with Crippen molar-refractivity contribution in [3.63, 3.8) is 0 Å². The summed E-state index contributed by atoms with van der Waals surface area (Å²) in [6.45, 7) is 0. The molecular formula is C50H31N5. The molecule has 0 N–H and O–H groups in total. The largest absolute Gasteiger partial charge is 0.307 e. The highest BCUT2D eigenvalue weighted by Crippen LogP contribution is 2.44. The Hall–Kier alpha value is -7.50. The van der Waals surface area contributed by atoms with Crippen LogP contribution in [0.3, 0.4) is 0 Å². The monoisotopic (exact) mass is 701 g/mol. The number of aromatic nitrogens is 5. The molecule has 0 bridgehead atoms. The lowest BCUT2D eigenvalue weighted by atomic mass is 10.1. The van der Waals surface area contributed by atoms with Crippen molar-refractivity contribution >= 4 is 76.3 Å². The Morgan fingerprint density at radius 3 is 1.49 bits per heavy atom. The summed E-state index contributed by atoms with van der Waals surface area (Å²) in [6, 6.07) is 66.9. The third-order valence-corrected chi connectivity index (χ3v) is 11.2. The van der Waals surface area contributed by atoms with Crippen molar-refractivity contribution in [3.8, 4) is 28.6 Å². The molecule has 5 heteroatoms. The minimum atomic E-state index is 0.634. The first-order chi connectivity index (χ1) is 27.3. The van der Waals surface area contributed by atoms with Crippen molar-refractivity contribution in [1.82, 2.24) is 23.7 Å². The summed E-state index contributed by atoms with van der Waals surface area (Å²) in [6.07, 6.45) is 0. The van der Waals surface area contributed by atoms with Gasteiger partial charge in [-0.15, -0.1) is 0 Å². The molecule has 0 aliphatic heterocycles. The quantitative estimate of drug-likeness (QED) is 0.183. The fourth-order valence-electron chi connectivity index (χ4n) is 8.94. The van der Waals surface area contributed by atoms with E-state index in [0.717, 1.165) is 82.8 Å². The standard InChI is InChI=1S/C50H31N5/c1-4-17-33(18-5-1)45-49-46(44-36-23-11-10-16-32(36)28-31-43(44)54(49)35-21-8-3-9-22-35)52-50(51-45)55-42-27-15-13-25-38(42)40-30-29-39-37-24-12-14-26-41(37)53(47(39)48(40)55)34-19-6-2-7-20-34/h1-31H. The number of hydrogen-bond acceptors (Lipinski definition) is 2. The number of para-hydroxylation sites is 4.